The highest BCUT2D eigenvalue weighted by Crippen LogP contribution is 2.24. The minimum atomic E-state index is -1.68. The van der Waals surface area contributed by atoms with Gasteiger partial charge in [0.05, 0.1) is 18.8 Å². The summed E-state index contributed by atoms with van der Waals surface area (Å²) in [6, 6.07) is -4.47. The first-order valence-corrected chi connectivity index (χ1v) is 18.9. The van der Waals surface area contributed by atoms with E-state index in [-0.39, 0.29) is 62.6 Å². The molecular weight excluding hydrogens is 740 g/mol. The Balaban J connectivity index is 1.51. The van der Waals surface area contributed by atoms with Crippen LogP contribution in [0.5, 0.6) is 0 Å². The van der Waals surface area contributed by atoms with E-state index >= 15 is 0 Å². The summed E-state index contributed by atoms with van der Waals surface area (Å²) in [4.78, 5) is 78.1. The largest absolute Gasteiger partial charge is 0.441 e. The van der Waals surface area contributed by atoms with E-state index in [2.05, 4.69) is 42.2 Å². The Morgan fingerprint density at radius 2 is 1.59 bits per heavy atom. The summed E-state index contributed by atoms with van der Waals surface area (Å²) in [6.07, 6.45) is -4.88. The molecule has 18 N–H and O–H groups in total. The van der Waals surface area contributed by atoms with Crippen LogP contribution in [0.4, 0.5) is 4.79 Å². The number of piperidine rings is 1. The van der Waals surface area contributed by atoms with Crippen LogP contribution in [0.3, 0.4) is 0 Å². The molecule has 0 aromatic carbocycles. The van der Waals surface area contributed by atoms with E-state index in [0.717, 1.165) is 6.42 Å². The fraction of sp³-hybridized carbons (Fsp3) is 0.788. The van der Waals surface area contributed by atoms with Gasteiger partial charge in [0.2, 0.25) is 29.5 Å². The monoisotopic (exact) mass is 800 g/mol. The Morgan fingerprint density at radius 1 is 0.964 bits per heavy atom. The molecule has 0 aromatic heterocycles. The van der Waals surface area contributed by atoms with Gasteiger partial charge in [-0.05, 0) is 45.1 Å². The van der Waals surface area contributed by atoms with Crippen molar-refractivity contribution in [2.24, 2.45) is 27.9 Å². The molecule has 0 radical (unpaired) electrons. The molecule has 3 heterocycles. The Morgan fingerprint density at radius 3 is 2.16 bits per heavy atom. The van der Waals surface area contributed by atoms with Gasteiger partial charge in [0.1, 0.15) is 18.2 Å². The number of fused-ring (bicyclic) bond motifs is 1. The number of guanidine groups is 1. The van der Waals surface area contributed by atoms with E-state index in [0.29, 0.717) is 38.8 Å². The summed E-state index contributed by atoms with van der Waals surface area (Å²) < 4.78 is 10.9. The van der Waals surface area contributed by atoms with Gasteiger partial charge in [-0.1, -0.05) is 0 Å². The Labute approximate surface area is 324 Å². The van der Waals surface area contributed by atoms with Crippen molar-refractivity contribution < 1.29 is 53.6 Å². The Hall–Kier alpha value is -4.39. The van der Waals surface area contributed by atoms with E-state index < -0.39 is 91.3 Å². The van der Waals surface area contributed by atoms with Crippen LogP contribution < -0.4 is 60.2 Å². The second-order valence-corrected chi connectivity index (χ2v) is 14.3. The maximum atomic E-state index is 13.4. The molecule has 3 rings (SSSR count). The molecule has 318 valence electrons. The molecule has 56 heavy (non-hydrogen) atoms. The number of primary amides is 1. The van der Waals surface area contributed by atoms with Crippen LogP contribution in [0.1, 0.15) is 64.7 Å². The van der Waals surface area contributed by atoms with Crippen LogP contribution in [-0.4, -0.2) is 157 Å². The zero-order valence-electron chi connectivity index (χ0n) is 31.6. The molecule has 3 aliphatic rings. The molecule has 0 bridgehead atoms. The molecule has 23 nitrogen and oxygen atoms in total. The summed E-state index contributed by atoms with van der Waals surface area (Å²) in [5.41, 5.74) is 22.7. The van der Waals surface area contributed by atoms with Gasteiger partial charge in [0.15, 0.2) is 24.3 Å². The fourth-order valence-corrected chi connectivity index (χ4v) is 6.69. The maximum absolute atomic E-state index is 13.4. The highest BCUT2D eigenvalue weighted by Gasteiger charge is 2.49. The summed E-state index contributed by atoms with van der Waals surface area (Å²) in [7, 11) is 0. The van der Waals surface area contributed by atoms with Crippen LogP contribution in [0.2, 0.25) is 0 Å². The second kappa shape index (κ2) is 23.0. The Kier molecular flexibility index (Phi) is 18.9. The van der Waals surface area contributed by atoms with Gasteiger partial charge in [0.25, 0.3) is 0 Å². The predicted molar refractivity (Wildman–Crippen MR) is 199 cm³/mol. The van der Waals surface area contributed by atoms with Crippen LogP contribution in [0, 0.1) is 0 Å². The minimum Gasteiger partial charge on any atom is -0.441 e. The normalized spacial score (nSPS) is 27.2. The quantitative estimate of drug-likeness (QED) is 0.0453. The van der Waals surface area contributed by atoms with Crippen LogP contribution in [0.15, 0.2) is 4.99 Å². The van der Waals surface area contributed by atoms with Crippen molar-refractivity contribution in [1.29, 1.82) is 0 Å². The molecule has 2 fully saturated rings. The number of β-amino-alcohol motifs (C(OH)–C–C–N with tert-alkyl or cyclic N) is 1. The number of hydrogen-bond donors (Lipinski definition) is 14. The first kappa shape index (κ1) is 46.0. The highest BCUT2D eigenvalue weighted by atomic mass is 16.6. The molecule has 6 amide bonds. The maximum Gasteiger partial charge on any atom is 0.404 e. The minimum absolute atomic E-state index is 0.00122. The number of nitrogens with two attached hydrogens (primary N) is 4. The van der Waals surface area contributed by atoms with Gasteiger partial charge >= 0.3 is 6.09 Å². The molecule has 11 atom stereocenters. The third-order valence-electron chi connectivity index (χ3n) is 9.48. The first-order chi connectivity index (χ1) is 26.6. The lowest BCUT2D eigenvalue weighted by Crippen LogP contribution is -2.70. The summed E-state index contributed by atoms with van der Waals surface area (Å²) in [6.45, 7) is 1.70. The number of aliphatic hydroxyl groups excluding tert-OH is 3. The number of aliphatic imine (C=N–C) groups is 1. The number of hydrogen-bond acceptors (Lipinski definition) is 17. The van der Waals surface area contributed by atoms with Crippen LogP contribution in [-0.2, 0) is 33.4 Å². The van der Waals surface area contributed by atoms with Gasteiger partial charge in [-0.3, -0.25) is 24.0 Å². The number of aliphatic hydroxyl groups is 3. The number of nitrogens with one attached hydrogen (secondary N) is 7. The van der Waals surface area contributed by atoms with Gasteiger partial charge in [0, 0.05) is 63.9 Å². The number of nitrogens with zero attached hydrogens (tertiary/aromatic N) is 1. The lowest BCUT2D eigenvalue weighted by atomic mass is 9.95. The van der Waals surface area contributed by atoms with Crippen molar-refractivity contribution in [2.45, 2.75) is 132 Å². The Bertz CT molecular complexity index is 1380. The molecule has 0 spiro atoms. The van der Waals surface area contributed by atoms with Crippen molar-refractivity contribution >= 4 is 41.6 Å². The summed E-state index contributed by atoms with van der Waals surface area (Å²) in [5, 5.41) is 50.7. The van der Waals surface area contributed by atoms with E-state index in [4.69, 9.17) is 32.4 Å². The van der Waals surface area contributed by atoms with Crippen molar-refractivity contribution in [3.63, 3.8) is 0 Å². The zero-order chi connectivity index (χ0) is 41.4. The molecule has 0 unspecified atom stereocenters. The number of amides is 6. The first-order valence-electron chi connectivity index (χ1n) is 18.9. The van der Waals surface area contributed by atoms with Gasteiger partial charge in [-0.2, -0.15) is 0 Å². The lowest BCUT2D eigenvalue weighted by molar-refractivity contribution is -0.198. The third-order valence-corrected chi connectivity index (χ3v) is 9.48. The van der Waals surface area contributed by atoms with E-state index in [9.17, 15) is 44.1 Å². The fourth-order valence-electron chi connectivity index (χ4n) is 6.69. The van der Waals surface area contributed by atoms with E-state index in [1.807, 2.05) is 0 Å². The topological polar surface area (TPSA) is 382 Å². The smallest absolute Gasteiger partial charge is 0.404 e. The average Bonchev–Trinajstić information content (AvgIpc) is 3.56. The number of rotatable bonds is 22. The van der Waals surface area contributed by atoms with Gasteiger partial charge in [-0.15, -0.1) is 0 Å². The van der Waals surface area contributed by atoms with Crippen molar-refractivity contribution in [1.82, 2.24) is 37.2 Å². The molecule has 23 heteroatoms. The molecule has 0 aromatic rings. The molecular formula is C33H60N12O11. The van der Waals surface area contributed by atoms with Crippen LogP contribution >= 0.6 is 0 Å². The van der Waals surface area contributed by atoms with Crippen molar-refractivity contribution in [2.75, 3.05) is 32.8 Å². The number of carbonyl (C=O) groups is 6. The molecule has 0 saturated carbocycles. The van der Waals surface area contributed by atoms with E-state index in [1.54, 1.807) is 0 Å². The molecule has 0 aliphatic carbocycles. The second-order valence-electron chi connectivity index (χ2n) is 14.3. The zero-order valence-corrected chi connectivity index (χ0v) is 31.6. The van der Waals surface area contributed by atoms with Crippen LogP contribution in [0.25, 0.3) is 0 Å². The summed E-state index contributed by atoms with van der Waals surface area (Å²) in [5.74, 6) is -1.94. The predicted octanol–water partition coefficient (Wildman–Crippen LogP) is -6.35. The number of carbonyl (C=O) groups excluding carboxylic acids is 6. The molecule has 2 saturated heterocycles. The van der Waals surface area contributed by atoms with Crippen molar-refractivity contribution in [3.8, 4) is 0 Å². The SMILES string of the molecule is CC(=O)N[C@@H](CCCNC(=O)C[C@@H](N)CCCNC(=O)C[C@@H](N)CCCN)CC(=O)N[C@@H]1[C@H](O)[C@@H](OC(N)=O)[C@@H](CO)O[C@H]1NC1=N[C@@H]2C(=O)NC[C@@H](O)[C@H]2N1. The average molecular weight is 801 g/mol. The third kappa shape index (κ3) is 14.9. The van der Waals surface area contributed by atoms with E-state index in [1.165, 1.54) is 6.92 Å². The van der Waals surface area contributed by atoms with Gasteiger partial charge < -0.3 is 84.9 Å². The van der Waals surface area contributed by atoms with Gasteiger partial charge in [-0.25, -0.2) is 9.79 Å². The standard InChI is InChI=1S/C33H60N12O11/c1-16(47)41-19(7-4-10-39-23(50)12-18(36)6-3-9-38-22(49)11-17(35)5-2-8-34)13-24(51)42-27-28(52)29(56-32(37)54)21(15-46)55-31(27)45-33-43-25-20(48)14-40-30(53)26(25)44-33/h17-21,25-29,31,46,48,52H,2-15,34-36H2,1H3,(H2,37,54)(H,38,49)(H,39,50)(H,40,53)(H,41,47)(H,42,51)(H2,43,44,45)/t17-,18-,19-,20+,21+,25+,26-,27+,28-,29-,31+/m0/s1. The molecule has 3 aliphatic heterocycles. The summed E-state index contributed by atoms with van der Waals surface area (Å²) >= 11 is 0. The number of ether oxygens (including phenoxy) is 2. The highest BCUT2D eigenvalue weighted by molar-refractivity contribution is 5.92. The van der Waals surface area contributed by atoms with Crippen molar-refractivity contribution in [3.05, 3.63) is 0 Å². The lowest BCUT2D eigenvalue weighted by Gasteiger charge is -2.44.